The van der Waals surface area contributed by atoms with E-state index in [4.69, 9.17) is 9.99 Å². The van der Waals surface area contributed by atoms with Gasteiger partial charge in [0.1, 0.15) is 5.60 Å². The first-order chi connectivity index (χ1) is 10.9. The number of hydrogen-bond donors (Lipinski definition) is 2. The number of carboxylic acids is 1. The Hall–Kier alpha value is -1.97. The Balaban J connectivity index is 2.66. The fourth-order valence-electron chi connectivity index (χ4n) is 2.05. The van der Waals surface area contributed by atoms with E-state index < -0.39 is 54.9 Å². The molecule has 1 saturated heterocycles. The van der Waals surface area contributed by atoms with Crippen LogP contribution in [0, 0.1) is 0 Å². The van der Waals surface area contributed by atoms with E-state index >= 15 is 0 Å². The Labute approximate surface area is 138 Å². The molecule has 24 heavy (non-hydrogen) atoms. The number of rotatable bonds is 6. The number of hydrogen-bond acceptors (Lipinski definition) is 5. The highest BCUT2D eigenvalue weighted by molar-refractivity contribution is 5.77. The molecule has 0 aromatic carbocycles. The number of carboxylic acid groups (broad SMARTS) is 1. The number of aliphatic carboxylic acids is 1. The molecule has 0 aliphatic carbocycles. The van der Waals surface area contributed by atoms with Gasteiger partial charge in [0.25, 0.3) is 5.92 Å². The summed E-state index contributed by atoms with van der Waals surface area (Å²) in [4.78, 5) is 44.3. The quantitative estimate of drug-likeness (QED) is 0.555. The lowest BCUT2D eigenvalue weighted by Gasteiger charge is -2.34. The minimum atomic E-state index is -3.03. The highest BCUT2D eigenvalue weighted by atomic mass is 19.3. The number of carbonyl (C=O) groups is 3. The fraction of sp³-hybridized carbons (Fsp3) is 0.786. The molecule has 0 unspecified atom stereocenters. The zero-order valence-electron chi connectivity index (χ0n) is 13.8. The van der Waals surface area contributed by atoms with E-state index in [9.17, 15) is 23.2 Å². The Kier molecular flexibility index (Phi) is 6.47. The molecule has 138 valence electrons. The van der Waals surface area contributed by atoms with Crippen molar-refractivity contribution in [3.8, 4) is 0 Å². The van der Waals surface area contributed by atoms with Gasteiger partial charge in [0.2, 0.25) is 5.91 Å². The molecule has 0 spiro atoms. The van der Waals surface area contributed by atoms with Crippen molar-refractivity contribution in [1.82, 2.24) is 10.2 Å². The number of nitrogens with one attached hydrogen (secondary N) is 1. The van der Waals surface area contributed by atoms with E-state index in [1.54, 1.807) is 20.8 Å². The topological polar surface area (TPSA) is 105 Å². The fourth-order valence-corrected chi connectivity index (χ4v) is 2.05. The third kappa shape index (κ3) is 7.53. The lowest BCUT2D eigenvalue weighted by molar-refractivity contribution is -0.300. The largest absolute Gasteiger partial charge is 0.481 e. The monoisotopic (exact) mass is 352 g/mol. The van der Waals surface area contributed by atoms with Crippen molar-refractivity contribution in [1.29, 1.82) is 0 Å². The molecule has 0 saturated carbocycles. The molecule has 1 rings (SSSR count). The van der Waals surface area contributed by atoms with Crippen LogP contribution in [0.5, 0.6) is 0 Å². The van der Waals surface area contributed by atoms with Crippen molar-refractivity contribution in [3.05, 3.63) is 0 Å². The van der Waals surface area contributed by atoms with Gasteiger partial charge in [-0.1, -0.05) is 0 Å². The van der Waals surface area contributed by atoms with Crippen LogP contribution in [-0.2, 0) is 19.4 Å². The summed E-state index contributed by atoms with van der Waals surface area (Å²) in [5.74, 6) is -4.80. The summed E-state index contributed by atoms with van der Waals surface area (Å²) < 4.78 is 26.8. The molecule has 1 heterocycles. The number of alkyl halides is 2. The minimum absolute atomic E-state index is 0.329. The normalized spacial score (nSPS) is 18.9. The Bertz CT molecular complexity index is 492. The number of amides is 2. The van der Waals surface area contributed by atoms with E-state index in [-0.39, 0.29) is 13.0 Å². The van der Waals surface area contributed by atoms with E-state index in [0.29, 0.717) is 0 Å². The molecule has 10 heteroatoms. The molecule has 0 aromatic heterocycles. The first-order valence-electron chi connectivity index (χ1n) is 7.41. The molecule has 2 N–H and O–H groups in total. The van der Waals surface area contributed by atoms with Crippen molar-refractivity contribution < 1.29 is 38.0 Å². The van der Waals surface area contributed by atoms with Gasteiger partial charge >= 0.3 is 12.1 Å². The highest BCUT2D eigenvalue weighted by Crippen LogP contribution is 2.27. The molecule has 1 atom stereocenters. The lowest BCUT2D eigenvalue weighted by atomic mass is 10.1. The summed E-state index contributed by atoms with van der Waals surface area (Å²) >= 11 is 0. The summed E-state index contributed by atoms with van der Waals surface area (Å²) in [6.45, 7) is 3.72. The van der Waals surface area contributed by atoms with Gasteiger partial charge in [-0.25, -0.2) is 13.6 Å². The van der Waals surface area contributed by atoms with Crippen LogP contribution in [0.2, 0.25) is 0 Å². The van der Waals surface area contributed by atoms with Crippen molar-refractivity contribution >= 4 is 18.0 Å². The van der Waals surface area contributed by atoms with Crippen molar-refractivity contribution in [2.45, 2.75) is 57.6 Å². The number of piperidine rings is 1. The first kappa shape index (κ1) is 20.1. The van der Waals surface area contributed by atoms with Crippen molar-refractivity contribution in [3.63, 3.8) is 0 Å². The van der Waals surface area contributed by atoms with E-state index in [0.717, 1.165) is 4.90 Å². The van der Waals surface area contributed by atoms with Gasteiger partial charge in [-0.2, -0.15) is 4.89 Å². The number of nitrogens with zero attached hydrogens (tertiary/aromatic N) is 1. The average molecular weight is 352 g/mol. The van der Waals surface area contributed by atoms with Gasteiger partial charge in [-0.05, 0) is 20.8 Å². The summed E-state index contributed by atoms with van der Waals surface area (Å²) in [6, 6.07) is -1.09. The Morgan fingerprint density at radius 1 is 1.42 bits per heavy atom. The number of halogens is 2. The molecular formula is C14H22F2N2O6. The molecule has 1 aliphatic heterocycles. The standard InChI is InChI=1S/C14H22F2N2O6/c1-13(2,3)24-23-12(22)17-9(6-11(20)21)7-18-8-14(15,16)5-4-10(18)19/h9H,4-8H2,1-3H3,(H,17,22)(H,20,21)/t9-/m0/s1. The van der Waals surface area contributed by atoms with Crippen LogP contribution in [0.4, 0.5) is 13.6 Å². The van der Waals surface area contributed by atoms with Crippen molar-refractivity contribution in [2.75, 3.05) is 13.1 Å². The van der Waals surface area contributed by atoms with E-state index in [1.807, 2.05) is 0 Å². The van der Waals surface area contributed by atoms with Gasteiger partial charge in [0.05, 0.1) is 19.0 Å². The predicted octanol–water partition coefficient (Wildman–Crippen LogP) is 1.54. The SMILES string of the molecule is CC(C)(C)OOC(=O)N[C@@H](CC(=O)O)CN1CC(F)(F)CCC1=O. The van der Waals surface area contributed by atoms with Crippen LogP contribution < -0.4 is 5.32 Å². The van der Waals surface area contributed by atoms with Crippen LogP contribution >= 0.6 is 0 Å². The molecule has 8 nitrogen and oxygen atoms in total. The van der Waals surface area contributed by atoms with Crippen LogP contribution in [0.15, 0.2) is 0 Å². The second-order valence-electron chi connectivity index (χ2n) is 6.64. The second kappa shape index (κ2) is 7.73. The zero-order chi connectivity index (χ0) is 18.5. The molecule has 0 aromatic rings. The number of likely N-dealkylation sites (tertiary alicyclic amines) is 1. The van der Waals surface area contributed by atoms with E-state index in [2.05, 4.69) is 10.2 Å². The molecule has 0 bridgehead atoms. The summed E-state index contributed by atoms with van der Waals surface area (Å²) in [6.07, 6.45) is -2.49. The summed E-state index contributed by atoms with van der Waals surface area (Å²) in [7, 11) is 0. The van der Waals surface area contributed by atoms with Gasteiger partial charge < -0.3 is 15.3 Å². The lowest BCUT2D eigenvalue weighted by Crippen LogP contribution is -2.52. The maximum Gasteiger partial charge on any atom is 0.439 e. The second-order valence-corrected chi connectivity index (χ2v) is 6.64. The Morgan fingerprint density at radius 2 is 2.04 bits per heavy atom. The molecule has 1 fully saturated rings. The van der Waals surface area contributed by atoms with Crippen LogP contribution in [0.25, 0.3) is 0 Å². The number of carbonyl (C=O) groups excluding carboxylic acids is 2. The Morgan fingerprint density at radius 3 is 2.58 bits per heavy atom. The summed E-state index contributed by atoms with van der Waals surface area (Å²) in [5, 5.41) is 11.1. The molecule has 2 amide bonds. The van der Waals surface area contributed by atoms with Crippen LogP contribution in [0.1, 0.15) is 40.0 Å². The smallest absolute Gasteiger partial charge is 0.439 e. The van der Waals surface area contributed by atoms with E-state index in [1.165, 1.54) is 0 Å². The van der Waals surface area contributed by atoms with Gasteiger partial charge in [-0.15, -0.1) is 0 Å². The maximum atomic E-state index is 13.4. The third-order valence-electron chi connectivity index (χ3n) is 3.03. The maximum absolute atomic E-state index is 13.4. The predicted molar refractivity (Wildman–Crippen MR) is 77.3 cm³/mol. The first-order valence-corrected chi connectivity index (χ1v) is 7.41. The average Bonchev–Trinajstić information content (AvgIpc) is 2.39. The van der Waals surface area contributed by atoms with Gasteiger partial charge in [0, 0.05) is 19.4 Å². The van der Waals surface area contributed by atoms with Gasteiger partial charge in [-0.3, -0.25) is 14.5 Å². The van der Waals surface area contributed by atoms with Gasteiger partial charge in [0.15, 0.2) is 0 Å². The third-order valence-corrected chi connectivity index (χ3v) is 3.03. The van der Waals surface area contributed by atoms with Crippen molar-refractivity contribution in [2.24, 2.45) is 0 Å². The summed E-state index contributed by atoms with van der Waals surface area (Å²) in [5.41, 5.74) is -0.773. The zero-order valence-corrected chi connectivity index (χ0v) is 13.8. The van der Waals surface area contributed by atoms with Crippen LogP contribution in [-0.4, -0.2) is 58.6 Å². The molecular weight excluding hydrogens is 330 g/mol. The van der Waals surface area contributed by atoms with Crippen LogP contribution in [0.3, 0.4) is 0 Å². The highest BCUT2D eigenvalue weighted by Gasteiger charge is 2.40. The molecule has 0 radical (unpaired) electrons. The molecule has 1 aliphatic rings. The minimum Gasteiger partial charge on any atom is -0.481 e.